The monoisotopic (exact) mass is 447 g/mol. The predicted octanol–water partition coefficient (Wildman–Crippen LogP) is 3.53. The van der Waals surface area contributed by atoms with Crippen LogP contribution < -0.4 is 4.74 Å². The number of rotatable bonds is 6. The first-order chi connectivity index (χ1) is 13.2. The Bertz CT molecular complexity index is 818. The van der Waals surface area contributed by atoms with E-state index in [1.807, 2.05) is 0 Å². The maximum atomic E-state index is 12.9. The summed E-state index contributed by atoms with van der Waals surface area (Å²) in [6.45, 7) is 1.13. The van der Waals surface area contributed by atoms with E-state index in [-0.39, 0.29) is 30.5 Å². The molecule has 0 aliphatic carbocycles. The number of sulfone groups is 1. The number of halogens is 6. The lowest BCUT2D eigenvalue weighted by Gasteiger charge is -2.28. The summed E-state index contributed by atoms with van der Waals surface area (Å²) >= 11 is 0. The first-order valence-electron chi connectivity index (χ1n) is 8.65. The van der Waals surface area contributed by atoms with E-state index in [0.29, 0.717) is 18.6 Å². The van der Waals surface area contributed by atoms with E-state index in [9.17, 15) is 39.6 Å². The second kappa shape index (κ2) is 8.41. The molecular formula is C17H19F6NO4S. The minimum atomic E-state index is -5.03. The second-order valence-electron chi connectivity index (χ2n) is 6.67. The summed E-state index contributed by atoms with van der Waals surface area (Å²) in [7, 11) is -3.29. The third-order valence-electron chi connectivity index (χ3n) is 4.36. The smallest absolute Gasteiger partial charge is 0.416 e. The van der Waals surface area contributed by atoms with Crippen LogP contribution in [0.3, 0.4) is 0 Å². The zero-order valence-corrected chi connectivity index (χ0v) is 16.1. The molecule has 5 nitrogen and oxygen atoms in total. The van der Waals surface area contributed by atoms with Crippen molar-refractivity contribution in [1.82, 2.24) is 4.90 Å². The maximum absolute atomic E-state index is 12.9. The number of carbonyl (C=O) groups is 1. The van der Waals surface area contributed by atoms with Gasteiger partial charge in [0.25, 0.3) is 5.91 Å². The van der Waals surface area contributed by atoms with Gasteiger partial charge in [-0.1, -0.05) is 6.92 Å². The van der Waals surface area contributed by atoms with Crippen molar-refractivity contribution >= 4 is 15.7 Å². The molecule has 0 saturated carbocycles. The van der Waals surface area contributed by atoms with Crippen LogP contribution >= 0.6 is 0 Å². The van der Waals surface area contributed by atoms with E-state index in [2.05, 4.69) is 0 Å². The van der Waals surface area contributed by atoms with E-state index in [1.165, 1.54) is 4.90 Å². The fourth-order valence-electron chi connectivity index (χ4n) is 3.01. The molecule has 29 heavy (non-hydrogen) atoms. The molecule has 1 unspecified atom stereocenters. The molecule has 0 spiro atoms. The Morgan fingerprint density at radius 1 is 1.10 bits per heavy atom. The van der Waals surface area contributed by atoms with Gasteiger partial charge in [-0.25, -0.2) is 8.42 Å². The van der Waals surface area contributed by atoms with Gasteiger partial charge in [-0.05, 0) is 31.0 Å². The second-order valence-corrected chi connectivity index (χ2v) is 8.90. The summed E-state index contributed by atoms with van der Waals surface area (Å²) in [6, 6.07) is 0.129. The van der Waals surface area contributed by atoms with Crippen LogP contribution in [0, 0.1) is 0 Å². The van der Waals surface area contributed by atoms with Crippen LogP contribution in [0.4, 0.5) is 26.3 Å². The Balaban J connectivity index is 2.19. The first-order valence-corrected chi connectivity index (χ1v) is 10.5. The number of benzene rings is 1. The Hall–Kier alpha value is -1.98. The maximum Gasteiger partial charge on any atom is 0.416 e. The largest absolute Gasteiger partial charge is 0.484 e. The third-order valence-corrected chi connectivity index (χ3v) is 6.11. The molecule has 1 aromatic carbocycles. The van der Waals surface area contributed by atoms with Crippen molar-refractivity contribution in [1.29, 1.82) is 0 Å². The van der Waals surface area contributed by atoms with Crippen LogP contribution in [0.15, 0.2) is 18.2 Å². The highest BCUT2D eigenvalue weighted by molar-refractivity contribution is 7.91. The van der Waals surface area contributed by atoms with Crippen LogP contribution in [-0.4, -0.2) is 49.9 Å². The van der Waals surface area contributed by atoms with E-state index in [4.69, 9.17) is 4.74 Å². The molecule has 1 aliphatic rings. The third kappa shape index (κ3) is 6.25. The molecule has 1 amide bonds. The Kier molecular flexibility index (Phi) is 6.75. The Morgan fingerprint density at radius 2 is 1.66 bits per heavy atom. The van der Waals surface area contributed by atoms with Gasteiger partial charge in [-0.3, -0.25) is 4.79 Å². The Morgan fingerprint density at radius 3 is 2.07 bits per heavy atom. The molecule has 2 rings (SSSR count). The minimum Gasteiger partial charge on any atom is -0.484 e. The SMILES string of the molecule is CCCN(C(=O)COc1cc(C(F)(F)F)cc(C(F)(F)F)c1)C1CCS(=O)(=O)C1. The molecule has 1 fully saturated rings. The van der Waals surface area contributed by atoms with E-state index >= 15 is 0 Å². The fraction of sp³-hybridized carbons (Fsp3) is 0.588. The number of carbonyl (C=O) groups excluding carboxylic acids is 1. The van der Waals surface area contributed by atoms with Crippen molar-refractivity contribution < 1.29 is 44.3 Å². The van der Waals surface area contributed by atoms with Gasteiger partial charge in [0.15, 0.2) is 16.4 Å². The van der Waals surface area contributed by atoms with Crippen molar-refractivity contribution in [2.45, 2.75) is 38.2 Å². The van der Waals surface area contributed by atoms with Crippen molar-refractivity contribution in [3.05, 3.63) is 29.3 Å². The van der Waals surface area contributed by atoms with Gasteiger partial charge in [-0.2, -0.15) is 26.3 Å². The summed E-state index contributed by atoms with van der Waals surface area (Å²) in [4.78, 5) is 13.7. The molecule has 1 saturated heterocycles. The van der Waals surface area contributed by atoms with Crippen LogP contribution in [0.2, 0.25) is 0 Å². The molecule has 0 bridgehead atoms. The van der Waals surface area contributed by atoms with Crippen molar-refractivity contribution in [2.24, 2.45) is 0 Å². The molecule has 0 radical (unpaired) electrons. The van der Waals surface area contributed by atoms with E-state index in [0.717, 1.165) is 0 Å². The number of alkyl halides is 6. The van der Waals surface area contributed by atoms with Gasteiger partial charge in [0.05, 0.1) is 22.6 Å². The average molecular weight is 447 g/mol. The highest BCUT2D eigenvalue weighted by Crippen LogP contribution is 2.38. The molecule has 0 aromatic heterocycles. The van der Waals surface area contributed by atoms with E-state index < -0.39 is 57.6 Å². The molecule has 164 valence electrons. The highest BCUT2D eigenvalue weighted by Gasteiger charge is 2.38. The molecule has 0 N–H and O–H groups in total. The van der Waals surface area contributed by atoms with Crippen molar-refractivity contribution in [3.8, 4) is 5.75 Å². The lowest BCUT2D eigenvalue weighted by Crippen LogP contribution is -2.44. The predicted molar refractivity (Wildman–Crippen MR) is 91.0 cm³/mol. The van der Waals surface area contributed by atoms with Gasteiger partial charge >= 0.3 is 12.4 Å². The van der Waals surface area contributed by atoms with Gasteiger partial charge < -0.3 is 9.64 Å². The van der Waals surface area contributed by atoms with Crippen molar-refractivity contribution in [3.63, 3.8) is 0 Å². The lowest BCUT2D eigenvalue weighted by molar-refractivity contribution is -0.143. The van der Waals surface area contributed by atoms with E-state index in [1.54, 1.807) is 6.92 Å². The van der Waals surface area contributed by atoms with Gasteiger partial charge in [0.2, 0.25) is 0 Å². The first kappa shape index (κ1) is 23.3. The normalized spacial score (nSPS) is 19.2. The number of ether oxygens (including phenoxy) is 1. The molecule has 1 atom stereocenters. The molecule has 1 heterocycles. The summed E-state index contributed by atoms with van der Waals surface area (Å²) in [6.07, 6.45) is -9.36. The quantitative estimate of drug-likeness (QED) is 0.626. The number of hydrogen-bond donors (Lipinski definition) is 0. The van der Waals surface area contributed by atoms with Gasteiger partial charge in [0, 0.05) is 12.6 Å². The summed E-state index contributed by atoms with van der Waals surface area (Å²) in [5, 5.41) is 0. The van der Waals surface area contributed by atoms with Gasteiger partial charge in [-0.15, -0.1) is 0 Å². The summed E-state index contributed by atoms with van der Waals surface area (Å²) < 4.78 is 106. The van der Waals surface area contributed by atoms with Crippen LogP contribution in [0.25, 0.3) is 0 Å². The molecular weight excluding hydrogens is 428 g/mol. The molecule has 1 aromatic rings. The topological polar surface area (TPSA) is 63.7 Å². The molecule has 12 heteroatoms. The van der Waals surface area contributed by atoms with Crippen LogP contribution in [0.1, 0.15) is 30.9 Å². The zero-order valence-electron chi connectivity index (χ0n) is 15.3. The zero-order chi connectivity index (χ0) is 22.0. The van der Waals surface area contributed by atoms with Crippen LogP contribution in [-0.2, 0) is 27.0 Å². The number of amides is 1. The van der Waals surface area contributed by atoms with Gasteiger partial charge in [0.1, 0.15) is 5.75 Å². The fourth-order valence-corrected chi connectivity index (χ4v) is 4.74. The summed E-state index contributed by atoms with van der Waals surface area (Å²) in [5.41, 5.74) is -3.11. The van der Waals surface area contributed by atoms with Crippen LogP contribution in [0.5, 0.6) is 5.75 Å². The van der Waals surface area contributed by atoms with Crippen molar-refractivity contribution in [2.75, 3.05) is 24.7 Å². The standard InChI is InChI=1S/C17H19F6NO4S/c1-2-4-24(13-3-5-29(26,27)10-13)15(25)9-28-14-7-11(16(18,19)20)6-12(8-14)17(21,22)23/h6-8,13H,2-5,9-10H2,1H3. The summed E-state index contributed by atoms with van der Waals surface area (Å²) in [5.74, 6) is -1.79. The lowest BCUT2D eigenvalue weighted by atomic mass is 10.1. The highest BCUT2D eigenvalue weighted by atomic mass is 32.2. The minimum absolute atomic E-state index is 0.0402. The Labute approximate surface area is 163 Å². The number of nitrogens with zero attached hydrogens (tertiary/aromatic N) is 1. The average Bonchev–Trinajstić information content (AvgIpc) is 2.95. The number of hydrogen-bond acceptors (Lipinski definition) is 4. The molecule has 1 aliphatic heterocycles.